The van der Waals surface area contributed by atoms with Crippen LogP contribution in [0.4, 0.5) is 8.78 Å². The molecule has 4 rings (SSSR count). The number of carbonyl (C=O) groups is 1. The molecule has 38 heavy (non-hydrogen) atoms. The van der Waals surface area contributed by atoms with Gasteiger partial charge >= 0.3 is 0 Å². The zero-order chi connectivity index (χ0) is 27.4. The highest BCUT2D eigenvalue weighted by Crippen LogP contribution is 2.39. The Bertz CT molecular complexity index is 1270. The number of halogens is 3. The first-order valence-corrected chi connectivity index (χ1v) is 13.6. The number of amides is 1. The van der Waals surface area contributed by atoms with Crippen LogP contribution in [-0.4, -0.2) is 51.4 Å². The van der Waals surface area contributed by atoms with Gasteiger partial charge in [0.15, 0.2) is 11.6 Å². The van der Waals surface area contributed by atoms with Gasteiger partial charge in [-0.05, 0) is 67.1 Å². The molecule has 10 heteroatoms. The lowest BCUT2D eigenvalue weighted by atomic mass is 9.84. The SMILES string of the molecule is CC(C)(C)[C@H](c1nc(-c2cc(F)ccc2F)nn1Cc1cccc(Br)c1)N(CCCN)C(=O)[C@H]1CCCO1. The molecule has 1 aromatic heterocycles. The molecule has 0 radical (unpaired) electrons. The van der Waals surface area contributed by atoms with E-state index < -0.39 is 29.2 Å². The summed E-state index contributed by atoms with van der Waals surface area (Å²) in [5.74, 6) is -0.785. The molecule has 2 N–H and O–H groups in total. The Hall–Kier alpha value is -2.69. The van der Waals surface area contributed by atoms with Crippen LogP contribution in [0.25, 0.3) is 11.4 Å². The Labute approximate surface area is 230 Å². The van der Waals surface area contributed by atoms with Crippen LogP contribution in [0.15, 0.2) is 46.9 Å². The van der Waals surface area contributed by atoms with E-state index in [0.717, 1.165) is 34.7 Å². The van der Waals surface area contributed by atoms with Crippen molar-refractivity contribution in [2.24, 2.45) is 11.1 Å². The maximum Gasteiger partial charge on any atom is 0.252 e. The Morgan fingerprint density at radius 2 is 2.05 bits per heavy atom. The normalized spacial score (nSPS) is 16.6. The molecule has 2 heterocycles. The highest BCUT2D eigenvalue weighted by molar-refractivity contribution is 9.10. The summed E-state index contributed by atoms with van der Waals surface area (Å²) in [4.78, 5) is 20.4. The van der Waals surface area contributed by atoms with Gasteiger partial charge < -0.3 is 15.4 Å². The van der Waals surface area contributed by atoms with Gasteiger partial charge in [0, 0.05) is 17.6 Å². The van der Waals surface area contributed by atoms with E-state index in [2.05, 4.69) is 21.0 Å². The molecule has 1 aliphatic rings. The van der Waals surface area contributed by atoms with Crippen molar-refractivity contribution in [2.75, 3.05) is 19.7 Å². The predicted octanol–water partition coefficient (Wildman–Crippen LogP) is 5.48. The molecular weight excluding hydrogens is 556 g/mol. The molecule has 1 saturated heterocycles. The first-order valence-electron chi connectivity index (χ1n) is 12.8. The Balaban J connectivity index is 1.87. The van der Waals surface area contributed by atoms with Crippen molar-refractivity contribution in [3.63, 3.8) is 0 Å². The summed E-state index contributed by atoms with van der Waals surface area (Å²) in [5.41, 5.74) is 6.27. The van der Waals surface area contributed by atoms with Crippen molar-refractivity contribution in [2.45, 2.75) is 58.7 Å². The molecule has 0 bridgehead atoms. The third-order valence-electron chi connectivity index (χ3n) is 6.56. The lowest BCUT2D eigenvalue weighted by molar-refractivity contribution is -0.146. The van der Waals surface area contributed by atoms with E-state index >= 15 is 0 Å². The van der Waals surface area contributed by atoms with Crippen LogP contribution < -0.4 is 5.73 Å². The van der Waals surface area contributed by atoms with E-state index in [0.29, 0.717) is 44.9 Å². The third kappa shape index (κ3) is 6.47. The predicted molar refractivity (Wildman–Crippen MR) is 145 cm³/mol. The van der Waals surface area contributed by atoms with Crippen molar-refractivity contribution in [3.8, 4) is 11.4 Å². The van der Waals surface area contributed by atoms with Crippen LogP contribution in [0, 0.1) is 17.0 Å². The molecule has 3 aromatic rings. The smallest absolute Gasteiger partial charge is 0.252 e. The lowest BCUT2D eigenvalue weighted by Crippen LogP contribution is -2.47. The van der Waals surface area contributed by atoms with Gasteiger partial charge in [0.25, 0.3) is 5.91 Å². The van der Waals surface area contributed by atoms with Crippen LogP contribution in [0.3, 0.4) is 0 Å². The number of hydrogen-bond acceptors (Lipinski definition) is 5. The molecule has 0 spiro atoms. The second kappa shape index (κ2) is 12.0. The number of hydrogen-bond donors (Lipinski definition) is 1. The monoisotopic (exact) mass is 589 g/mol. The molecule has 0 unspecified atom stereocenters. The standard InChI is InChI=1S/C28H34BrF2N5O2/c1-28(2,3)24(35(13-6-12-32)27(37)23-9-5-14-38-23)26-33-25(21-16-20(30)10-11-22(21)31)34-36(26)17-18-7-4-8-19(29)15-18/h4,7-8,10-11,15-16,23-24H,5-6,9,12-14,17,32H2,1-3H3/t23-,24+/m1/s1. The molecule has 1 fully saturated rings. The number of rotatable bonds is 9. The highest BCUT2D eigenvalue weighted by atomic mass is 79.9. The molecule has 7 nitrogen and oxygen atoms in total. The van der Waals surface area contributed by atoms with Gasteiger partial charge in [-0.15, -0.1) is 0 Å². The zero-order valence-corrected chi connectivity index (χ0v) is 23.5. The fourth-order valence-corrected chi connectivity index (χ4v) is 5.29. The minimum atomic E-state index is -0.625. The second-order valence-electron chi connectivity index (χ2n) is 10.6. The average molecular weight is 591 g/mol. The van der Waals surface area contributed by atoms with Gasteiger partial charge in [-0.1, -0.05) is 48.8 Å². The minimum Gasteiger partial charge on any atom is -0.368 e. The molecule has 1 amide bonds. The summed E-state index contributed by atoms with van der Waals surface area (Å²) >= 11 is 3.51. The fourth-order valence-electron chi connectivity index (χ4n) is 4.84. The average Bonchev–Trinajstić information content (AvgIpc) is 3.53. The molecule has 0 aliphatic carbocycles. The van der Waals surface area contributed by atoms with Crippen molar-refractivity contribution < 1.29 is 18.3 Å². The van der Waals surface area contributed by atoms with Crippen LogP contribution in [0.1, 0.15) is 57.5 Å². The van der Waals surface area contributed by atoms with Gasteiger partial charge in [-0.2, -0.15) is 5.10 Å². The van der Waals surface area contributed by atoms with Crippen LogP contribution >= 0.6 is 15.9 Å². The number of carbonyl (C=O) groups excluding carboxylic acids is 1. The molecular formula is C28H34BrF2N5O2. The van der Waals surface area contributed by atoms with Crippen LogP contribution in [0.5, 0.6) is 0 Å². The summed E-state index contributed by atoms with van der Waals surface area (Å²) in [6.45, 7) is 7.76. The summed E-state index contributed by atoms with van der Waals surface area (Å²) in [6.07, 6.45) is 1.54. The minimum absolute atomic E-state index is 0.0362. The van der Waals surface area contributed by atoms with Gasteiger partial charge in [0.2, 0.25) is 0 Å². The van der Waals surface area contributed by atoms with Crippen LogP contribution in [0.2, 0.25) is 0 Å². The maximum absolute atomic E-state index is 14.8. The molecule has 2 aromatic carbocycles. The number of aromatic nitrogens is 3. The molecule has 2 atom stereocenters. The first-order chi connectivity index (χ1) is 18.1. The third-order valence-corrected chi connectivity index (χ3v) is 7.05. The number of nitrogens with zero attached hydrogens (tertiary/aromatic N) is 4. The summed E-state index contributed by atoms with van der Waals surface area (Å²) in [6, 6.07) is 10.4. The molecule has 0 saturated carbocycles. The largest absolute Gasteiger partial charge is 0.368 e. The molecule has 204 valence electrons. The number of benzene rings is 2. The van der Waals surface area contributed by atoms with Crippen molar-refractivity contribution >= 4 is 21.8 Å². The lowest BCUT2D eigenvalue weighted by Gasteiger charge is -2.40. The van der Waals surface area contributed by atoms with Gasteiger partial charge in [0.1, 0.15) is 17.7 Å². The summed E-state index contributed by atoms with van der Waals surface area (Å²) in [5, 5.41) is 4.65. The summed E-state index contributed by atoms with van der Waals surface area (Å²) in [7, 11) is 0. The Kier molecular flexibility index (Phi) is 8.95. The number of nitrogens with two attached hydrogens (primary N) is 1. The highest BCUT2D eigenvalue weighted by Gasteiger charge is 2.41. The number of ether oxygens (including phenoxy) is 1. The van der Waals surface area contributed by atoms with Gasteiger partial charge in [-0.3, -0.25) is 4.79 Å². The van der Waals surface area contributed by atoms with E-state index in [1.54, 1.807) is 9.58 Å². The molecule has 1 aliphatic heterocycles. The topological polar surface area (TPSA) is 86.3 Å². The second-order valence-corrected chi connectivity index (χ2v) is 11.6. The van der Waals surface area contributed by atoms with E-state index in [1.807, 2.05) is 45.0 Å². The summed E-state index contributed by atoms with van der Waals surface area (Å²) < 4.78 is 37.3. The fraction of sp³-hybridized carbons (Fsp3) is 0.464. The Morgan fingerprint density at radius 3 is 2.71 bits per heavy atom. The van der Waals surface area contributed by atoms with E-state index in [9.17, 15) is 13.6 Å². The van der Waals surface area contributed by atoms with Crippen molar-refractivity contribution in [1.82, 2.24) is 19.7 Å². The van der Waals surface area contributed by atoms with Gasteiger partial charge in [-0.25, -0.2) is 18.4 Å². The zero-order valence-electron chi connectivity index (χ0n) is 22.0. The van der Waals surface area contributed by atoms with Crippen LogP contribution in [-0.2, 0) is 16.1 Å². The quantitative estimate of drug-likeness (QED) is 0.357. The van der Waals surface area contributed by atoms with Crippen molar-refractivity contribution in [3.05, 3.63) is 70.0 Å². The van der Waals surface area contributed by atoms with Crippen molar-refractivity contribution in [1.29, 1.82) is 0 Å². The van der Waals surface area contributed by atoms with E-state index in [4.69, 9.17) is 15.5 Å². The van der Waals surface area contributed by atoms with Gasteiger partial charge in [0.05, 0.1) is 18.2 Å². The Morgan fingerprint density at radius 1 is 1.26 bits per heavy atom. The van der Waals surface area contributed by atoms with E-state index in [1.165, 1.54) is 0 Å². The first kappa shape index (κ1) is 28.3. The van der Waals surface area contributed by atoms with E-state index in [-0.39, 0.29) is 17.3 Å². The maximum atomic E-state index is 14.8.